The molecule has 2 aromatic heterocycles. The van der Waals surface area contributed by atoms with Crippen LogP contribution in [0.1, 0.15) is 19.8 Å². The number of hydrogen-bond acceptors (Lipinski definition) is 5. The van der Waals surface area contributed by atoms with E-state index in [0.717, 1.165) is 59.8 Å². The number of hydrogen-bond donors (Lipinski definition) is 0. The van der Waals surface area contributed by atoms with Crippen LogP contribution in [0.5, 0.6) is 0 Å². The molecule has 1 aliphatic carbocycles. The quantitative estimate of drug-likeness (QED) is 0.475. The number of rotatable bonds is 3. The molecule has 0 N–H and O–H groups in total. The van der Waals surface area contributed by atoms with Crippen LogP contribution < -0.4 is 4.90 Å². The molecule has 0 bridgehead atoms. The van der Waals surface area contributed by atoms with Crippen LogP contribution in [0.15, 0.2) is 48.5 Å². The van der Waals surface area contributed by atoms with E-state index < -0.39 is 0 Å². The van der Waals surface area contributed by atoms with Gasteiger partial charge in [0.1, 0.15) is 0 Å². The maximum absolute atomic E-state index is 12.7. The lowest BCUT2D eigenvalue weighted by molar-refractivity contribution is -0.134. The van der Waals surface area contributed by atoms with Gasteiger partial charge in [0.2, 0.25) is 11.9 Å². The molecule has 1 saturated carbocycles. The van der Waals surface area contributed by atoms with Gasteiger partial charge in [-0.15, -0.1) is 10.2 Å². The second-order valence-electron chi connectivity index (χ2n) is 8.72. The van der Waals surface area contributed by atoms with Crippen molar-refractivity contribution in [3.63, 3.8) is 0 Å². The third-order valence-electron chi connectivity index (χ3n) is 6.45. The summed E-state index contributed by atoms with van der Waals surface area (Å²) in [5.41, 5.74) is 2.59. The van der Waals surface area contributed by atoms with E-state index >= 15 is 0 Å². The first-order valence-electron chi connectivity index (χ1n) is 11.1. The Bertz CT molecular complexity index is 1330. The smallest absolute Gasteiger partial charge is 0.226 e. The lowest BCUT2D eigenvalue weighted by Crippen LogP contribution is -2.55. The zero-order valence-electron chi connectivity index (χ0n) is 17.8. The fourth-order valence-electron chi connectivity index (χ4n) is 4.60. The van der Waals surface area contributed by atoms with E-state index in [1.807, 2.05) is 57.8 Å². The van der Waals surface area contributed by atoms with Crippen LogP contribution in [-0.4, -0.2) is 56.1 Å². The summed E-state index contributed by atoms with van der Waals surface area (Å²) in [6, 6.07) is 15.7. The first-order valence-corrected chi connectivity index (χ1v) is 11.4. The average molecular weight is 447 g/mol. The molecule has 162 valence electrons. The van der Waals surface area contributed by atoms with Gasteiger partial charge >= 0.3 is 0 Å². The topological polar surface area (TPSA) is 66.6 Å². The van der Waals surface area contributed by atoms with Crippen LogP contribution in [0, 0.1) is 5.92 Å². The average Bonchev–Trinajstić information content (AvgIpc) is 3.57. The number of carbonyl (C=O) groups is 1. The Kier molecular flexibility index (Phi) is 4.54. The number of halogens is 1. The Morgan fingerprint density at radius 2 is 1.81 bits per heavy atom. The molecule has 1 amide bonds. The van der Waals surface area contributed by atoms with Crippen molar-refractivity contribution < 1.29 is 4.79 Å². The molecule has 2 aromatic carbocycles. The number of aromatic nitrogens is 4. The maximum atomic E-state index is 12.7. The summed E-state index contributed by atoms with van der Waals surface area (Å²) >= 11 is 6.11. The van der Waals surface area contributed by atoms with Gasteiger partial charge in [0, 0.05) is 47.6 Å². The normalized spacial score (nSPS) is 19.1. The summed E-state index contributed by atoms with van der Waals surface area (Å²) < 4.78 is 2.04. The van der Waals surface area contributed by atoms with Gasteiger partial charge in [-0.2, -0.15) is 0 Å². The van der Waals surface area contributed by atoms with Crippen LogP contribution in [0.4, 0.5) is 5.95 Å². The van der Waals surface area contributed by atoms with Crippen molar-refractivity contribution in [2.24, 2.45) is 5.92 Å². The Labute approximate surface area is 190 Å². The predicted octanol–water partition coefficient (Wildman–Crippen LogP) is 4.05. The van der Waals surface area contributed by atoms with Crippen LogP contribution in [0.25, 0.3) is 27.9 Å². The molecule has 1 saturated heterocycles. The fraction of sp³-hybridized carbons (Fsp3) is 0.333. The minimum absolute atomic E-state index is 0.121. The number of anilines is 1. The van der Waals surface area contributed by atoms with Gasteiger partial charge in [0.15, 0.2) is 11.5 Å². The van der Waals surface area contributed by atoms with Gasteiger partial charge < -0.3 is 9.80 Å². The highest BCUT2D eigenvalue weighted by Crippen LogP contribution is 2.33. The molecule has 2 aliphatic rings. The van der Waals surface area contributed by atoms with Crippen LogP contribution in [-0.2, 0) is 4.79 Å². The lowest BCUT2D eigenvalue weighted by atomic mass is 10.1. The number of amides is 1. The molecule has 0 unspecified atom stereocenters. The van der Waals surface area contributed by atoms with Gasteiger partial charge in [-0.3, -0.25) is 4.79 Å². The highest BCUT2D eigenvalue weighted by molar-refractivity contribution is 6.30. The van der Waals surface area contributed by atoms with E-state index in [1.165, 1.54) is 0 Å². The summed E-state index contributed by atoms with van der Waals surface area (Å²) in [4.78, 5) is 22.0. The minimum atomic E-state index is 0.121. The van der Waals surface area contributed by atoms with Crippen LogP contribution >= 0.6 is 11.6 Å². The van der Waals surface area contributed by atoms with E-state index in [4.69, 9.17) is 16.6 Å². The van der Waals surface area contributed by atoms with Crippen molar-refractivity contribution in [1.82, 2.24) is 24.5 Å². The molecule has 6 rings (SSSR count). The highest BCUT2D eigenvalue weighted by atomic mass is 35.5. The lowest BCUT2D eigenvalue weighted by Gasteiger charge is -2.40. The molecular formula is C24H23ClN6O. The zero-order valence-corrected chi connectivity index (χ0v) is 18.5. The van der Waals surface area contributed by atoms with Crippen molar-refractivity contribution >= 4 is 40.0 Å². The Balaban J connectivity index is 1.47. The predicted molar refractivity (Wildman–Crippen MR) is 125 cm³/mol. The summed E-state index contributed by atoms with van der Waals surface area (Å²) in [5.74, 6) is 2.08. The molecule has 7 nitrogen and oxygen atoms in total. The van der Waals surface area contributed by atoms with E-state index in [9.17, 15) is 4.79 Å². The molecule has 0 radical (unpaired) electrons. The van der Waals surface area contributed by atoms with Crippen molar-refractivity contribution in [1.29, 1.82) is 0 Å². The van der Waals surface area contributed by atoms with Gasteiger partial charge in [0.05, 0.1) is 5.52 Å². The molecule has 3 heterocycles. The number of carbonyl (C=O) groups excluding carboxylic acids is 1. The highest BCUT2D eigenvalue weighted by Gasteiger charge is 2.38. The molecule has 32 heavy (non-hydrogen) atoms. The summed E-state index contributed by atoms with van der Waals surface area (Å²) in [6.07, 6.45) is 2.06. The Morgan fingerprint density at radius 1 is 1.03 bits per heavy atom. The number of piperazine rings is 1. The van der Waals surface area contributed by atoms with Crippen molar-refractivity contribution in [3.05, 3.63) is 53.6 Å². The first kappa shape index (κ1) is 19.5. The second-order valence-corrected chi connectivity index (χ2v) is 9.16. The van der Waals surface area contributed by atoms with E-state index in [0.29, 0.717) is 17.5 Å². The van der Waals surface area contributed by atoms with E-state index in [2.05, 4.69) is 22.0 Å². The van der Waals surface area contributed by atoms with Crippen molar-refractivity contribution in [3.8, 4) is 11.4 Å². The fourth-order valence-corrected chi connectivity index (χ4v) is 4.72. The van der Waals surface area contributed by atoms with Crippen LogP contribution in [0.3, 0.4) is 0 Å². The number of benzene rings is 2. The Morgan fingerprint density at radius 3 is 2.56 bits per heavy atom. The molecule has 4 aromatic rings. The van der Waals surface area contributed by atoms with E-state index in [-0.39, 0.29) is 12.0 Å². The van der Waals surface area contributed by atoms with Gasteiger partial charge in [-0.1, -0.05) is 23.7 Å². The first-order chi connectivity index (χ1) is 15.6. The zero-order chi connectivity index (χ0) is 21.8. The third kappa shape index (κ3) is 3.19. The molecule has 1 aliphatic heterocycles. The SMILES string of the molecule is C[C@H]1CN(c2nc3ccccc3c3nnc(-c4ccc(Cl)cc4)n23)CCN1C(=O)C1CC1. The summed E-state index contributed by atoms with van der Waals surface area (Å²) in [6.45, 7) is 4.26. The molecule has 8 heteroatoms. The number of nitrogens with zero attached hydrogens (tertiary/aromatic N) is 6. The summed E-state index contributed by atoms with van der Waals surface area (Å²) in [7, 11) is 0. The standard InChI is InChI=1S/C24H23ClN6O/c1-15-14-29(12-13-30(15)23(32)17-6-7-17)24-26-20-5-3-2-4-19(20)22-28-27-21(31(22)24)16-8-10-18(25)11-9-16/h2-5,8-11,15,17H,6-7,12-14H2,1H3/t15-/m0/s1. The number of para-hydroxylation sites is 1. The van der Waals surface area contributed by atoms with Gasteiger partial charge in [0.25, 0.3) is 0 Å². The molecular weight excluding hydrogens is 424 g/mol. The monoisotopic (exact) mass is 446 g/mol. The minimum Gasteiger partial charge on any atom is -0.338 e. The van der Waals surface area contributed by atoms with Crippen LogP contribution in [0.2, 0.25) is 5.02 Å². The third-order valence-corrected chi connectivity index (χ3v) is 6.70. The van der Waals surface area contributed by atoms with E-state index in [1.54, 1.807) is 0 Å². The molecule has 0 spiro atoms. The molecule has 2 fully saturated rings. The van der Waals surface area contributed by atoms with Gasteiger partial charge in [-0.25, -0.2) is 9.38 Å². The van der Waals surface area contributed by atoms with Crippen molar-refractivity contribution in [2.75, 3.05) is 24.5 Å². The summed E-state index contributed by atoms with van der Waals surface area (Å²) in [5, 5.41) is 10.7. The Hall–Kier alpha value is -3.19. The largest absolute Gasteiger partial charge is 0.338 e. The second kappa shape index (κ2) is 7.45. The maximum Gasteiger partial charge on any atom is 0.226 e. The molecule has 1 atom stereocenters. The number of fused-ring (bicyclic) bond motifs is 3. The van der Waals surface area contributed by atoms with Gasteiger partial charge in [-0.05, 0) is 56.2 Å². The van der Waals surface area contributed by atoms with Crippen molar-refractivity contribution in [2.45, 2.75) is 25.8 Å².